The van der Waals surface area contributed by atoms with Crippen LogP contribution >= 0.6 is 0 Å². The normalized spacial score (nSPS) is 22.9. The molecule has 1 atom stereocenters. The van der Waals surface area contributed by atoms with Crippen molar-refractivity contribution in [2.45, 2.75) is 24.7 Å². The molecule has 156 valence electrons. The van der Waals surface area contributed by atoms with Crippen molar-refractivity contribution in [2.75, 3.05) is 45.0 Å². The molecule has 8 nitrogen and oxygen atoms in total. The average molecular weight is 430 g/mol. The summed E-state index contributed by atoms with van der Waals surface area (Å²) in [5.41, 5.74) is 0. The van der Waals surface area contributed by atoms with Crippen molar-refractivity contribution >= 4 is 26.0 Å². The maximum absolute atomic E-state index is 12.9. The van der Waals surface area contributed by atoms with Crippen molar-refractivity contribution in [1.29, 1.82) is 0 Å². The third-order valence-corrected chi connectivity index (χ3v) is 9.18. The molecule has 28 heavy (non-hydrogen) atoms. The summed E-state index contributed by atoms with van der Waals surface area (Å²) in [7, 11) is -6.86. The zero-order chi connectivity index (χ0) is 20.4. The lowest BCUT2D eigenvalue weighted by Gasteiger charge is -2.38. The number of piperidine rings is 1. The van der Waals surface area contributed by atoms with Gasteiger partial charge in [0, 0.05) is 39.3 Å². The lowest BCUT2D eigenvalue weighted by Crippen LogP contribution is -2.54. The highest BCUT2D eigenvalue weighted by Gasteiger charge is 2.36. The van der Waals surface area contributed by atoms with E-state index in [1.807, 2.05) is 0 Å². The van der Waals surface area contributed by atoms with Crippen LogP contribution < -0.4 is 0 Å². The molecule has 0 aliphatic carbocycles. The Hall–Kier alpha value is -1.49. The third kappa shape index (κ3) is 4.40. The van der Waals surface area contributed by atoms with Gasteiger partial charge in [0.1, 0.15) is 0 Å². The number of hydrogen-bond acceptors (Lipinski definition) is 5. The Morgan fingerprint density at radius 2 is 1.61 bits per heavy atom. The van der Waals surface area contributed by atoms with Gasteiger partial charge in [0.2, 0.25) is 26.0 Å². The van der Waals surface area contributed by atoms with Crippen molar-refractivity contribution in [3.63, 3.8) is 0 Å². The molecule has 1 unspecified atom stereocenters. The van der Waals surface area contributed by atoms with E-state index < -0.39 is 20.0 Å². The molecule has 0 spiro atoms. The molecule has 2 aliphatic rings. The fraction of sp³-hybridized carbons (Fsp3) is 0.611. The van der Waals surface area contributed by atoms with Gasteiger partial charge in [-0.25, -0.2) is 21.1 Å². The molecule has 1 aromatic carbocycles. The highest BCUT2D eigenvalue weighted by Crippen LogP contribution is 2.23. The highest BCUT2D eigenvalue weighted by atomic mass is 32.2. The van der Waals surface area contributed by atoms with Gasteiger partial charge in [-0.05, 0) is 31.9 Å². The zero-order valence-corrected chi connectivity index (χ0v) is 17.7. The first kappa shape index (κ1) is 21.2. The number of carbonyl (C=O) groups is 1. The van der Waals surface area contributed by atoms with Gasteiger partial charge in [-0.3, -0.25) is 4.79 Å². The Kier molecular flexibility index (Phi) is 6.43. The van der Waals surface area contributed by atoms with Gasteiger partial charge in [-0.1, -0.05) is 18.2 Å². The van der Waals surface area contributed by atoms with E-state index in [4.69, 9.17) is 0 Å². The summed E-state index contributed by atoms with van der Waals surface area (Å²) in [6, 6.07) is 8.27. The summed E-state index contributed by atoms with van der Waals surface area (Å²) in [6.07, 6.45) is 1.33. The van der Waals surface area contributed by atoms with Gasteiger partial charge in [0.25, 0.3) is 0 Å². The van der Waals surface area contributed by atoms with E-state index in [2.05, 4.69) is 0 Å². The summed E-state index contributed by atoms with van der Waals surface area (Å²) in [5.74, 6) is -0.399. The lowest BCUT2D eigenvalue weighted by atomic mass is 9.98. The average Bonchev–Trinajstić information content (AvgIpc) is 2.74. The van der Waals surface area contributed by atoms with Gasteiger partial charge in [-0.2, -0.15) is 4.31 Å². The molecule has 3 rings (SSSR count). The number of sulfonamides is 2. The predicted molar refractivity (Wildman–Crippen MR) is 106 cm³/mol. The monoisotopic (exact) mass is 429 g/mol. The molecular weight excluding hydrogens is 402 g/mol. The van der Waals surface area contributed by atoms with Crippen LogP contribution in [0.5, 0.6) is 0 Å². The third-order valence-electron chi connectivity index (χ3n) is 5.42. The SMILES string of the molecule is CCS(=O)(=O)N1CCCC(C(=O)N2CCN(S(=O)(=O)c3ccccc3)CC2)C1. The molecule has 1 amide bonds. The molecule has 0 bridgehead atoms. The molecule has 0 N–H and O–H groups in total. The molecule has 0 aromatic heterocycles. The predicted octanol–water partition coefficient (Wildman–Crippen LogP) is 0.581. The van der Waals surface area contributed by atoms with Crippen LogP contribution in [-0.4, -0.2) is 81.3 Å². The Bertz CT molecular complexity index is 894. The van der Waals surface area contributed by atoms with Crippen LogP contribution in [0.3, 0.4) is 0 Å². The molecule has 2 saturated heterocycles. The van der Waals surface area contributed by atoms with E-state index in [9.17, 15) is 21.6 Å². The maximum Gasteiger partial charge on any atom is 0.243 e. The van der Waals surface area contributed by atoms with E-state index in [0.29, 0.717) is 32.5 Å². The van der Waals surface area contributed by atoms with Crippen LogP contribution in [0.15, 0.2) is 35.2 Å². The number of nitrogens with zero attached hydrogens (tertiary/aromatic N) is 3. The summed E-state index contributed by atoms with van der Waals surface area (Å²) in [6.45, 7) is 3.41. The number of hydrogen-bond donors (Lipinski definition) is 0. The number of amides is 1. The first-order chi connectivity index (χ1) is 13.3. The van der Waals surface area contributed by atoms with Gasteiger partial charge in [-0.15, -0.1) is 0 Å². The quantitative estimate of drug-likeness (QED) is 0.682. The largest absolute Gasteiger partial charge is 0.340 e. The molecular formula is C18H27N3O5S2. The Balaban J connectivity index is 1.61. The Morgan fingerprint density at radius 1 is 0.964 bits per heavy atom. The van der Waals surface area contributed by atoms with Gasteiger partial charge in [0.05, 0.1) is 16.6 Å². The van der Waals surface area contributed by atoms with E-state index in [-0.39, 0.29) is 42.1 Å². The topological polar surface area (TPSA) is 95.1 Å². The summed E-state index contributed by atoms with van der Waals surface area (Å²) >= 11 is 0. The van der Waals surface area contributed by atoms with Crippen molar-refractivity contribution in [2.24, 2.45) is 5.92 Å². The first-order valence-electron chi connectivity index (χ1n) is 9.57. The second kappa shape index (κ2) is 8.48. The van der Waals surface area contributed by atoms with Crippen LogP contribution in [0.25, 0.3) is 0 Å². The molecule has 10 heteroatoms. The molecule has 2 fully saturated rings. The van der Waals surface area contributed by atoms with Crippen molar-refractivity contribution in [3.05, 3.63) is 30.3 Å². The van der Waals surface area contributed by atoms with Gasteiger partial charge < -0.3 is 4.90 Å². The fourth-order valence-electron chi connectivity index (χ4n) is 3.73. The molecule has 2 heterocycles. The van der Waals surface area contributed by atoms with Crippen LogP contribution in [-0.2, 0) is 24.8 Å². The summed E-state index contributed by atoms with van der Waals surface area (Å²) < 4.78 is 52.4. The van der Waals surface area contributed by atoms with Gasteiger partial charge in [0.15, 0.2) is 0 Å². The van der Waals surface area contributed by atoms with Crippen molar-refractivity contribution in [1.82, 2.24) is 13.5 Å². The summed E-state index contributed by atoms with van der Waals surface area (Å²) in [4.78, 5) is 14.8. The highest BCUT2D eigenvalue weighted by molar-refractivity contribution is 7.89. The second-order valence-corrected chi connectivity index (χ2v) is 11.3. The Labute approximate surface area is 167 Å². The van der Waals surface area contributed by atoms with E-state index in [1.165, 1.54) is 8.61 Å². The maximum atomic E-state index is 12.9. The summed E-state index contributed by atoms with van der Waals surface area (Å²) in [5, 5.41) is 0. The molecule has 0 saturated carbocycles. The van der Waals surface area contributed by atoms with Crippen LogP contribution in [0.4, 0.5) is 0 Å². The lowest BCUT2D eigenvalue weighted by molar-refractivity contribution is -0.137. The number of rotatable bonds is 5. The molecule has 0 radical (unpaired) electrons. The van der Waals surface area contributed by atoms with E-state index >= 15 is 0 Å². The van der Waals surface area contributed by atoms with E-state index in [1.54, 1.807) is 42.2 Å². The van der Waals surface area contributed by atoms with Crippen LogP contribution in [0, 0.1) is 5.92 Å². The zero-order valence-electron chi connectivity index (χ0n) is 16.0. The van der Waals surface area contributed by atoms with E-state index in [0.717, 1.165) is 0 Å². The number of carbonyl (C=O) groups excluding carboxylic acids is 1. The van der Waals surface area contributed by atoms with Gasteiger partial charge >= 0.3 is 0 Å². The van der Waals surface area contributed by atoms with Crippen LogP contribution in [0.1, 0.15) is 19.8 Å². The smallest absolute Gasteiger partial charge is 0.243 e. The number of benzene rings is 1. The molecule has 2 aliphatic heterocycles. The minimum Gasteiger partial charge on any atom is -0.340 e. The van der Waals surface area contributed by atoms with Crippen molar-refractivity contribution in [3.8, 4) is 0 Å². The second-order valence-electron chi connectivity index (χ2n) is 7.14. The number of piperazine rings is 1. The standard InChI is InChI=1S/C18H27N3O5S2/c1-2-27(23,24)21-10-6-7-16(15-21)18(22)19-11-13-20(14-12-19)28(25,26)17-8-4-3-5-9-17/h3-5,8-9,16H,2,6-7,10-15H2,1H3. The minimum atomic E-state index is -3.56. The fourth-order valence-corrected chi connectivity index (χ4v) is 6.35. The first-order valence-corrected chi connectivity index (χ1v) is 12.6. The van der Waals surface area contributed by atoms with Crippen molar-refractivity contribution < 1.29 is 21.6 Å². The van der Waals surface area contributed by atoms with Crippen LogP contribution in [0.2, 0.25) is 0 Å². The Morgan fingerprint density at radius 3 is 2.21 bits per heavy atom. The molecule has 1 aromatic rings. The minimum absolute atomic E-state index is 0.0317.